The van der Waals surface area contributed by atoms with E-state index in [1.54, 1.807) is 25.6 Å². The molecule has 6 nitrogen and oxygen atoms in total. The van der Waals surface area contributed by atoms with Gasteiger partial charge in [0.1, 0.15) is 5.01 Å². The molecule has 0 saturated carbocycles. The fourth-order valence-electron chi connectivity index (χ4n) is 2.32. The van der Waals surface area contributed by atoms with E-state index in [0.717, 1.165) is 42.0 Å². The van der Waals surface area contributed by atoms with Crippen LogP contribution in [-0.2, 0) is 13.0 Å². The first-order valence-electron chi connectivity index (χ1n) is 8.30. The molecular weight excluding hydrogens is 336 g/mol. The zero-order valence-electron chi connectivity index (χ0n) is 15.3. The van der Waals surface area contributed by atoms with Crippen LogP contribution in [0.5, 0.6) is 11.5 Å². The summed E-state index contributed by atoms with van der Waals surface area (Å²) < 4.78 is 10.6. The molecule has 1 aromatic carbocycles. The van der Waals surface area contributed by atoms with E-state index in [-0.39, 0.29) is 0 Å². The van der Waals surface area contributed by atoms with Crippen molar-refractivity contribution in [1.82, 2.24) is 15.6 Å². The highest BCUT2D eigenvalue weighted by Gasteiger charge is 2.05. The van der Waals surface area contributed by atoms with Crippen molar-refractivity contribution in [3.63, 3.8) is 0 Å². The molecule has 2 rings (SSSR count). The fourth-order valence-corrected chi connectivity index (χ4v) is 3.04. The minimum Gasteiger partial charge on any atom is -0.493 e. The summed E-state index contributed by atoms with van der Waals surface area (Å²) in [6, 6.07) is 5.98. The van der Waals surface area contributed by atoms with Crippen LogP contribution in [0.25, 0.3) is 0 Å². The number of hydrogen-bond donors (Lipinski definition) is 2. The van der Waals surface area contributed by atoms with Crippen molar-refractivity contribution in [2.75, 3.05) is 27.3 Å². The molecule has 0 aliphatic rings. The van der Waals surface area contributed by atoms with Crippen LogP contribution in [0.4, 0.5) is 0 Å². The smallest absolute Gasteiger partial charge is 0.191 e. The Morgan fingerprint density at radius 2 is 2.00 bits per heavy atom. The Labute approximate surface area is 153 Å². The Kier molecular flexibility index (Phi) is 7.53. The van der Waals surface area contributed by atoms with Gasteiger partial charge in [0, 0.05) is 24.2 Å². The Balaban J connectivity index is 1.90. The number of guanidine groups is 1. The zero-order chi connectivity index (χ0) is 18.1. The number of methoxy groups -OCH3 is 2. The number of aromatic nitrogens is 1. The molecule has 25 heavy (non-hydrogen) atoms. The monoisotopic (exact) mass is 362 g/mol. The summed E-state index contributed by atoms with van der Waals surface area (Å²) in [5, 5.41) is 7.64. The van der Waals surface area contributed by atoms with E-state index in [4.69, 9.17) is 9.47 Å². The first-order chi connectivity index (χ1) is 12.2. The number of nitrogens with one attached hydrogen (secondary N) is 2. The summed E-state index contributed by atoms with van der Waals surface area (Å²) in [4.78, 5) is 10.1. The maximum Gasteiger partial charge on any atom is 0.191 e. The van der Waals surface area contributed by atoms with Crippen molar-refractivity contribution in [1.29, 1.82) is 0 Å². The van der Waals surface area contributed by atoms with E-state index in [1.807, 2.05) is 24.4 Å². The third-order valence-electron chi connectivity index (χ3n) is 3.54. The predicted octanol–water partition coefficient (Wildman–Crippen LogP) is 2.77. The Bertz CT molecular complexity index is 700. The van der Waals surface area contributed by atoms with Crippen LogP contribution in [0.2, 0.25) is 0 Å². The van der Waals surface area contributed by atoms with Crippen LogP contribution in [0, 0.1) is 6.92 Å². The summed E-state index contributed by atoms with van der Waals surface area (Å²) in [5.74, 6) is 2.29. The van der Waals surface area contributed by atoms with Crippen LogP contribution in [0.3, 0.4) is 0 Å². The van der Waals surface area contributed by atoms with Gasteiger partial charge in [0.15, 0.2) is 17.5 Å². The van der Waals surface area contributed by atoms with Crippen molar-refractivity contribution in [2.45, 2.75) is 26.8 Å². The molecule has 0 spiro atoms. The lowest BCUT2D eigenvalue weighted by atomic mass is 10.1. The molecule has 0 bridgehead atoms. The molecule has 0 amide bonds. The molecule has 1 heterocycles. The third kappa shape index (κ3) is 5.94. The van der Waals surface area contributed by atoms with Gasteiger partial charge in [-0.1, -0.05) is 6.07 Å². The van der Waals surface area contributed by atoms with Gasteiger partial charge >= 0.3 is 0 Å². The Morgan fingerprint density at radius 1 is 1.20 bits per heavy atom. The van der Waals surface area contributed by atoms with Crippen LogP contribution in [0.1, 0.15) is 22.4 Å². The quantitative estimate of drug-likeness (QED) is 0.558. The predicted molar refractivity (Wildman–Crippen MR) is 103 cm³/mol. The highest BCUT2D eigenvalue weighted by atomic mass is 32.1. The first kappa shape index (κ1) is 19.1. The fraction of sp³-hybridized carbons (Fsp3) is 0.444. The average molecular weight is 362 g/mol. The Morgan fingerprint density at radius 3 is 2.64 bits per heavy atom. The number of ether oxygens (including phenoxy) is 2. The van der Waals surface area contributed by atoms with Crippen molar-refractivity contribution in [2.24, 2.45) is 4.99 Å². The number of thiazole rings is 1. The Hall–Kier alpha value is -2.28. The molecule has 2 aromatic rings. The zero-order valence-corrected chi connectivity index (χ0v) is 16.1. The van der Waals surface area contributed by atoms with Gasteiger partial charge in [0.05, 0.1) is 20.8 Å². The summed E-state index contributed by atoms with van der Waals surface area (Å²) in [6.07, 6.45) is 2.74. The maximum absolute atomic E-state index is 5.35. The number of rotatable bonds is 8. The first-order valence-corrected chi connectivity index (χ1v) is 9.12. The van der Waals surface area contributed by atoms with Crippen LogP contribution < -0.4 is 20.1 Å². The molecule has 1 aromatic heterocycles. The van der Waals surface area contributed by atoms with Crippen molar-refractivity contribution < 1.29 is 9.47 Å². The summed E-state index contributed by atoms with van der Waals surface area (Å²) in [6.45, 7) is 6.29. The van der Waals surface area contributed by atoms with Crippen LogP contribution in [0.15, 0.2) is 29.4 Å². The minimum atomic E-state index is 0.587. The second-order valence-electron chi connectivity index (χ2n) is 5.43. The minimum absolute atomic E-state index is 0.587. The standard InChI is InChI=1S/C18H26N4O2S/c1-5-19-18(22-12-17-21-11-13(2)25-17)20-9-8-14-6-7-15(23-3)16(10-14)24-4/h6-7,10-11H,5,8-9,12H2,1-4H3,(H2,19,20,22). The third-order valence-corrected chi connectivity index (χ3v) is 4.44. The second-order valence-corrected chi connectivity index (χ2v) is 6.75. The number of hydrogen-bond acceptors (Lipinski definition) is 5. The van der Waals surface area contributed by atoms with Crippen molar-refractivity contribution in [3.05, 3.63) is 39.8 Å². The van der Waals surface area contributed by atoms with Crippen LogP contribution in [-0.4, -0.2) is 38.3 Å². The second kappa shape index (κ2) is 9.88. The summed E-state index contributed by atoms with van der Waals surface area (Å²) in [5.41, 5.74) is 1.18. The molecule has 2 N–H and O–H groups in total. The lowest BCUT2D eigenvalue weighted by Crippen LogP contribution is -2.38. The maximum atomic E-state index is 5.35. The largest absolute Gasteiger partial charge is 0.493 e. The normalized spacial score (nSPS) is 11.3. The van der Waals surface area contributed by atoms with E-state index in [2.05, 4.69) is 34.5 Å². The summed E-state index contributed by atoms with van der Waals surface area (Å²) in [7, 11) is 3.29. The molecule has 0 atom stereocenters. The van der Waals surface area contributed by atoms with E-state index in [0.29, 0.717) is 6.54 Å². The van der Waals surface area contributed by atoms with Gasteiger partial charge in [0.25, 0.3) is 0 Å². The SMILES string of the molecule is CCNC(=NCc1ncc(C)s1)NCCc1ccc(OC)c(OC)c1. The van der Waals surface area contributed by atoms with Gasteiger partial charge in [-0.05, 0) is 38.0 Å². The molecule has 7 heteroatoms. The van der Waals surface area contributed by atoms with Crippen LogP contribution >= 0.6 is 11.3 Å². The molecular formula is C18H26N4O2S. The molecule has 0 radical (unpaired) electrons. The molecule has 0 saturated heterocycles. The van der Waals surface area contributed by atoms with Crippen molar-refractivity contribution >= 4 is 17.3 Å². The highest BCUT2D eigenvalue weighted by Crippen LogP contribution is 2.27. The average Bonchev–Trinajstić information content (AvgIpc) is 3.04. The van der Waals surface area contributed by atoms with E-state index in [9.17, 15) is 0 Å². The molecule has 136 valence electrons. The lowest BCUT2D eigenvalue weighted by molar-refractivity contribution is 0.354. The van der Waals surface area contributed by atoms with Gasteiger partial charge in [0.2, 0.25) is 0 Å². The van der Waals surface area contributed by atoms with Gasteiger partial charge in [-0.25, -0.2) is 9.98 Å². The topological polar surface area (TPSA) is 67.8 Å². The molecule has 0 aliphatic heterocycles. The number of aliphatic imine (C=N–C) groups is 1. The van der Waals surface area contributed by atoms with E-state index in [1.165, 1.54) is 10.4 Å². The summed E-state index contributed by atoms with van der Waals surface area (Å²) >= 11 is 1.68. The van der Waals surface area contributed by atoms with E-state index < -0.39 is 0 Å². The number of nitrogens with zero attached hydrogens (tertiary/aromatic N) is 2. The van der Waals surface area contributed by atoms with Gasteiger partial charge in [-0.2, -0.15) is 0 Å². The molecule has 0 unspecified atom stereocenters. The lowest BCUT2D eigenvalue weighted by Gasteiger charge is -2.12. The molecule has 0 aliphatic carbocycles. The van der Waals surface area contributed by atoms with Gasteiger partial charge in [-0.15, -0.1) is 11.3 Å². The number of aryl methyl sites for hydroxylation is 1. The number of benzene rings is 1. The highest BCUT2D eigenvalue weighted by molar-refractivity contribution is 7.11. The van der Waals surface area contributed by atoms with Crippen molar-refractivity contribution in [3.8, 4) is 11.5 Å². The van der Waals surface area contributed by atoms with Gasteiger partial charge in [-0.3, -0.25) is 0 Å². The van der Waals surface area contributed by atoms with E-state index >= 15 is 0 Å². The molecule has 0 fully saturated rings. The van der Waals surface area contributed by atoms with Gasteiger partial charge < -0.3 is 20.1 Å².